The van der Waals surface area contributed by atoms with E-state index in [2.05, 4.69) is 21.6 Å². The topological polar surface area (TPSA) is 164 Å². The second kappa shape index (κ2) is 17.9. The van der Waals surface area contributed by atoms with Crippen molar-refractivity contribution in [1.82, 2.24) is 40.3 Å². The fourth-order valence-electron chi connectivity index (χ4n) is 14.8. The average molecular weight is 953 g/mol. The van der Waals surface area contributed by atoms with Crippen LogP contribution in [0.25, 0.3) is 0 Å². The summed E-state index contributed by atoms with van der Waals surface area (Å²) in [5.74, 6) is 1.58. The molecule has 5 aliphatic heterocycles. The van der Waals surface area contributed by atoms with Gasteiger partial charge in [0.15, 0.2) is 0 Å². The molecule has 387 valence electrons. The quantitative estimate of drug-likeness (QED) is 0.207. The number of nitrogens with zero attached hydrogens (tertiary/aromatic N) is 11. The van der Waals surface area contributed by atoms with Crippen LogP contribution >= 0.6 is 0 Å². The number of anilines is 3. The van der Waals surface area contributed by atoms with Gasteiger partial charge in [-0.3, -0.25) is 0 Å². The van der Waals surface area contributed by atoms with Crippen LogP contribution in [-0.4, -0.2) is 132 Å². The van der Waals surface area contributed by atoms with Crippen LogP contribution in [0, 0.1) is 0 Å². The average Bonchev–Trinajstić information content (AvgIpc) is 3.15. The second-order valence-corrected chi connectivity index (χ2v) is 28.5. The van der Waals surface area contributed by atoms with Gasteiger partial charge in [0.1, 0.15) is 0 Å². The number of aromatic nitrogens is 3. The molecule has 6 heterocycles. The Kier molecular flexibility index (Phi) is 14.6. The Morgan fingerprint density at radius 1 is 0.353 bits per heavy atom. The van der Waals surface area contributed by atoms with Crippen molar-refractivity contribution in [3.8, 4) is 0 Å². The molecule has 0 atom stereocenters. The molecule has 6 rings (SSSR count). The standard InChI is InChI=1S/C52H94N11O5/c1-22-23-24-56(35-25-43(2,3)59(64)44(4,5)26-35)40-53-41(57(36-27-45(6,7)60(65)46(8,9)28-36)37-29-47(10,11)61(66)48(12,13)30-37)55-42(54-40)58(38-31-49(14,15)62(67)50(16,17)32-38)39-33-51(18,19)63(68)52(20,21)34-39/h35-39H,22-34H2,1-21H3. The lowest BCUT2D eigenvalue weighted by molar-refractivity contribution is -0.294. The Morgan fingerprint density at radius 3 is 0.750 bits per heavy atom. The van der Waals surface area contributed by atoms with Gasteiger partial charge in [0.2, 0.25) is 17.8 Å². The van der Waals surface area contributed by atoms with E-state index in [9.17, 15) is 26.0 Å². The van der Waals surface area contributed by atoms with Crippen LogP contribution in [0.5, 0.6) is 0 Å². The number of rotatable bonds is 11. The maximum atomic E-state index is 14.1. The minimum atomic E-state index is -0.719. The van der Waals surface area contributed by atoms with Gasteiger partial charge in [0.05, 0.1) is 0 Å². The zero-order valence-corrected chi connectivity index (χ0v) is 46.5. The van der Waals surface area contributed by atoms with Crippen molar-refractivity contribution in [2.24, 2.45) is 0 Å². The van der Waals surface area contributed by atoms with Gasteiger partial charge in [-0.05, 0) is 209 Å². The lowest BCUT2D eigenvalue weighted by atomic mass is 9.74. The molecular weight excluding hydrogens is 859 g/mol. The first-order valence-corrected chi connectivity index (χ1v) is 26.1. The van der Waals surface area contributed by atoms with Gasteiger partial charge in [0, 0.05) is 92.1 Å². The van der Waals surface area contributed by atoms with Gasteiger partial charge in [0.25, 0.3) is 0 Å². The predicted octanol–water partition coefficient (Wildman–Crippen LogP) is 9.93. The van der Waals surface area contributed by atoms with E-state index in [1.165, 1.54) is 25.3 Å². The molecule has 5 radical (unpaired) electrons. The predicted molar refractivity (Wildman–Crippen MR) is 266 cm³/mol. The van der Waals surface area contributed by atoms with Crippen LogP contribution in [0.2, 0.25) is 0 Å². The van der Waals surface area contributed by atoms with Crippen LogP contribution in [0.15, 0.2) is 0 Å². The van der Waals surface area contributed by atoms with Crippen molar-refractivity contribution in [1.29, 1.82) is 0 Å². The summed E-state index contributed by atoms with van der Waals surface area (Å²) in [6, 6.07) is -0.778. The summed E-state index contributed by atoms with van der Waals surface area (Å²) < 4.78 is 0. The number of hydroxylamine groups is 10. The van der Waals surface area contributed by atoms with Crippen LogP contribution in [0.3, 0.4) is 0 Å². The SMILES string of the molecule is CCCCN(c1nc(N(C2CC(C)(C)N([O])C(C)(C)C2)C2CC(C)(C)N([O])C(C)(C)C2)nc(N(C2CC(C)(C)N([O])C(C)(C)C2)C2CC(C)(C)N([O])C(C)(C)C2)n1)C1CC(C)(C)N([O])C(C)(C)C1. The van der Waals surface area contributed by atoms with E-state index < -0.39 is 55.4 Å². The molecule has 0 spiro atoms. The fourth-order valence-corrected chi connectivity index (χ4v) is 14.8. The smallest absolute Gasteiger partial charge is 0.232 e. The lowest BCUT2D eigenvalue weighted by Crippen LogP contribution is -2.68. The van der Waals surface area contributed by atoms with E-state index in [1.807, 2.05) is 138 Å². The Bertz CT molecular complexity index is 1670. The summed E-state index contributed by atoms with van der Waals surface area (Å²) in [4.78, 5) is 24.3. The first-order valence-electron chi connectivity index (χ1n) is 26.1. The van der Waals surface area contributed by atoms with Crippen molar-refractivity contribution in [2.75, 3.05) is 21.2 Å². The third-order valence-corrected chi connectivity index (χ3v) is 16.9. The molecule has 5 fully saturated rings. The summed E-state index contributed by atoms with van der Waals surface area (Å²) in [7, 11) is 0. The highest BCUT2D eigenvalue weighted by atomic mass is 16.5. The highest BCUT2D eigenvalue weighted by Crippen LogP contribution is 2.49. The molecule has 0 bridgehead atoms. The van der Waals surface area contributed by atoms with E-state index in [0.29, 0.717) is 88.6 Å². The summed E-state index contributed by atoms with van der Waals surface area (Å²) in [6.07, 6.45) is 7.46. The summed E-state index contributed by atoms with van der Waals surface area (Å²) in [5, 5.41) is 76.7. The monoisotopic (exact) mass is 953 g/mol. The molecule has 0 aliphatic carbocycles. The van der Waals surface area contributed by atoms with Crippen molar-refractivity contribution < 1.29 is 26.0 Å². The summed E-state index contributed by atoms with van der Waals surface area (Å²) in [5.41, 5.74) is -7.07. The van der Waals surface area contributed by atoms with Gasteiger partial charge in [-0.15, -0.1) is 51.4 Å². The molecule has 68 heavy (non-hydrogen) atoms. The normalized spacial score (nSPS) is 29.2. The first-order chi connectivity index (χ1) is 30.6. The molecule has 0 aromatic carbocycles. The summed E-state index contributed by atoms with van der Waals surface area (Å²) >= 11 is 0. The van der Waals surface area contributed by atoms with Gasteiger partial charge >= 0.3 is 0 Å². The molecule has 5 aliphatic rings. The van der Waals surface area contributed by atoms with E-state index in [0.717, 1.165) is 12.8 Å². The Hall–Kier alpha value is -1.99. The molecule has 1 aromatic rings. The second-order valence-electron chi connectivity index (χ2n) is 28.5. The highest BCUT2D eigenvalue weighted by Gasteiger charge is 2.57. The minimum Gasteiger partial charge on any atom is -0.337 e. The fraction of sp³-hybridized carbons (Fsp3) is 0.942. The zero-order chi connectivity index (χ0) is 51.6. The molecule has 16 nitrogen and oxygen atoms in total. The van der Waals surface area contributed by atoms with Gasteiger partial charge in [-0.1, -0.05) is 13.3 Å². The Morgan fingerprint density at radius 2 is 0.544 bits per heavy atom. The number of hydrogen-bond acceptors (Lipinski definition) is 11. The molecule has 0 amide bonds. The van der Waals surface area contributed by atoms with Crippen LogP contribution in [-0.2, 0) is 26.0 Å². The van der Waals surface area contributed by atoms with Crippen LogP contribution in [0.4, 0.5) is 17.8 Å². The zero-order valence-electron chi connectivity index (χ0n) is 46.5. The molecule has 0 unspecified atom stereocenters. The number of unbranched alkanes of at least 4 members (excludes halogenated alkanes) is 1. The molecule has 16 heteroatoms. The third-order valence-electron chi connectivity index (χ3n) is 16.9. The van der Waals surface area contributed by atoms with E-state index in [4.69, 9.17) is 15.0 Å². The minimum absolute atomic E-state index is 0.0759. The van der Waals surface area contributed by atoms with Crippen molar-refractivity contribution in [3.63, 3.8) is 0 Å². The van der Waals surface area contributed by atoms with Crippen LogP contribution in [0.1, 0.15) is 222 Å². The number of piperidine rings is 5. The first kappa shape index (κ1) is 55.3. The molecule has 0 N–H and O–H groups in total. The molecule has 1 aromatic heterocycles. The maximum absolute atomic E-state index is 14.1. The van der Waals surface area contributed by atoms with Gasteiger partial charge in [-0.25, -0.2) is 0 Å². The van der Waals surface area contributed by atoms with Crippen LogP contribution < -0.4 is 14.7 Å². The Balaban J connectivity index is 1.70. The highest BCUT2D eigenvalue weighted by molar-refractivity contribution is 5.51. The van der Waals surface area contributed by atoms with Crippen molar-refractivity contribution in [2.45, 2.75) is 308 Å². The molecular formula is C52H94N11O5. The van der Waals surface area contributed by atoms with Crippen molar-refractivity contribution >= 4 is 17.8 Å². The maximum Gasteiger partial charge on any atom is 0.232 e. The van der Waals surface area contributed by atoms with Gasteiger partial charge in [-0.2, -0.15) is 15.0 Å². The van der Waals surface area contributed by atoms with Crippen molar-refractivity contribution in [3.05, 3.63) is 0 Å². The van der Waals surface area contributed by atoms with E-state index in [1.54, 1.807) is 0 Å². The lowest BCUT2D eigenvalue weighted by Gasteiger charge is -2.58. The van der Waals surface area contributed by atoms with Gasteiger partial charge < -0.3 is 14.7 Å². The Labute approximate surface area is 412 Å². The number of hydrogen-bond donors (Lipinski definition) is 0. The molecule has 5 saturated heterocycles. The largest absolute Gasteiger partial charge is 0.337 e. The third kappa shape index (κ3) is 10.4. The van der Waals surface area contributed by atoms with E-state index in [-0.39, 0.29) is 30.2 Å². The molecule has 0 saturated carbocycles. The van der Waals surface area contributed by atoms with E-state index >= 15 is 0 Å². The summed E-state index contributed by atoms with van der Waals surface area (Å²) in [6.45, 7) is 43.5.